The van der Waals surface area contributed by atoms with Crippen molar-refractivity contribution in [2.24, 2.45) is 7.05 Å². The molecule has 0 radical (unpaired) electrons. The Morgan fingerprint density at radius 3 is 2.71 bits per heavy atom. The lowest BCUT2D eigenvalue weighted by Gasteiger charge is -2.25. The van der Waals surface area contributed by atoms with Crippen molar-refractivity contribution >= 4 is 28.3 Å². The van der Waals surface area contributed by atoms with Gasteiger partial charge in [0.2, 0.25) is 0 Å². The van der Waals surface area contributed by atoms with Gasteiger partial charge in [-0.15, -0.1) is 0 Å². The highest BCUT2D eigenvalue weighted by molar-refractivity contribution is 5.95. The lowest BCUT2D eigenvalue weighted by molar-refractivity contribution is 0.0962. The summed E-state index contributed by atoms with van der Waals surface area (Å²) in [5.41, 5.74) is 4.19. The van der Waals surface area contributed by atoms with Gasteiger partial charge in [0.1, 0.15) is 5.82 Å². The number of carbonyl (C=O) groups is 1. The first-order valence-electron chi connectivity index (χ1n) is 9.65. The van der Waals surface area contributed by atoms with Gasteiger partial charge in [0.25, 0.3) is 5.91 Å². The van der Waals surface area contributed by atoms with Crippen molar-refractivity contribution in [3.8, 4) is 11.3 Å². The van der Waals surface area contributed by atoms with Crippen molar-refractivity contribution in [2.45, 2.75) is 0 Å². The van der Waals surface area contributed by atoms with Crippen LogP contribution in [0.2, 0.25) is 0 Å². The summed E-state index contributed by atoms with van der Waals surface area (Å²) in [6.07, 6.45) is 5.25. The van der Waals surface area contributed by atoms with Gasteiger partial charge in [0.05, 0.1) is 35.7 Å². The van der Waals surface area contributed by atoms with E-state index in [1.54, 1.807) is 28.0 Å². The van der Waals surface area contributed by atoms with Gasteiger partial charge < -0.3 is 15.3 Å². The molecule has 0 aliphatic carbocycles. The molecule has 158 valence electrons. The van der Waals surface area contributed by atoms with Gasteiger partial charge in [0.15, 0.2) is 0 Å². The van der Waals surface area contributed by atoms with E-state index in [-0.39, 0.29) is 18.7 Å². The van der Waals surface area contributed by atoms with Gasteiger partial charge in [-0.25, -0.2) is 9.37 Å². The highest BCUT2D eigenvalue weighted by Crippen LogP contribution is 2.29. The van der Waals surface area contributed by atoms with Crippen LogP contribution >= 0.6 is 0 Å². The van der Waals surface area contributed by atoms with Crippen molar-refractivity contribution < 1.29 is 14.3 Å². The molecule has 31 heavy (non-hydrogen) atoms. The third kappa shape index (κ3) is 4.22. The second kappa shape index (κ2) is 8.49. The molecule has 9 heteroatoms. The number of fused-ring (bicyclic) bond motifs is 1. The van der Waals surface area contributed by atoms with Gasteiger partial charge in [-0.1, -0.05) is 0 Å². The normalized spacial score (nSPS) is 11.0. The van der Waals surface area contributed by atoms with E-state index in [2.05, 4.69) is 20.4 Å². The van der Waals surface area contributed by atoms with Crippen LogP contribution in [-0.4, -0.2) is 51.0 Å². The fourth-order valence-electron chi connectivity index (χ4n) is 3.37. The van der Waals surface area contributed by atoms with Crippen LogP contribution in [0.25, 0.3) is 22.3 Å². The van der Waals surface area contributed by atoms with Crippen LogP contribution < -0.4 is 10.2 Å². The molecule has 2 aromatic carbocycles. The number of aliphatic hydroxyl groups excluding tert-OH is 1. The van der Waals surface area contributed by atoms with E-state index in [1.807, 2.05) is 31.4 Å². The minimum absolute atomic E-state index is 0.161. The van der Waals surface area contributed by atoms with Crippen LogP contribution in [0.4, 0.5) is 15.8 Å². The standard InChI is InChI=1S/C22H21FN6O2/c1-24-22(31)14-7-16(23)9-18(8-14)29(5-6-30)17-3-4-19-20(10-17)27-21(12-25-19)15-11-26-28(2)13-15/h3-4,7-13,30H,5-6H2,1-2H3,(H,24,31). The first-order valence-corrected chi connectivity index (χ1v) is 9.65. The summed E-state index contributed by atoms with van der Waals surface area (Å²) in [4.78, 5) is 22.9. The maximum Gasteiger partial charge on any atom is 0.251 e. The van der Waals surface area contributed by atoms with Crippen molar-refractivity contribution in [1.82, 2.24) is 25.1 Å². The zero-order valence-corrected chi connectivity index (χ0v) is 17.1. The van der Waals surface area contributed by atoms with Gasteiger partial charge in [-0.05, 0) is 36.4 Å². The predicted molar refractivity (Wildman–Crippen MR) is 116 cm³/mol. The van der Waals surface area contributed by atoms with Gasteiger partial charge in [0, 0.05) is 49.3 Å². The molecule has 4 rings (SSSR count). The van der Waals surface area contributed by atoms with Crippen LogP contribution in [0.1, 0.15) is 10.4 Å². The Balaban J connectivity index is 1.78. The van der Waals surface area contributed by atoms with Gasteiger partial charge in [-0.2, -0.15) is 5.10 Å². The van der Waals surface area contributed by atoms with Gasteiger partial charge >= 0.3 is 0 Å². The molecule has 1 amide bonds. The number of nitrogens with one attached hydrogen (secondary N) is 1. The zero-order chi connectivity index (χ0) is 22.0. The minimum atomic E-state index is -0.543. The van der Waals surface area contributed by atoms with Crippen LogP contribution in [0.5, 0.6) is 0 Å². The Morgan fingerprint density at radius 2 is 2.00 bits per heavy atom. The Morgan fingerprint density at radius 1 is 1.16 bits per heavy atom. The molecule has 4 aromatic rings. The Hall–Kier alpha value is -3.85. The maximum atomic E-state index is 14.2. The summed E-state index contributed by atoms with van der Waals surface area (Å²) in [6.45, 7) is 0.0448. The molecule has 0 saturated heterocycles. The number of halogens is 1. The number of rotatable bonds is 6. The first-order chi connectivity index (χ1) is 15.0. The monoisotopic (exact) mass is 420 g/mol. The van der Waals surface area contributed by atoms with Crippen molar-refractivity contribution in [1.29, 1.82) is 0 Å². The van der Waals surface area contributed by atoms with E-state index >= 15 is 0 Å². The number of aliphatic hydroxyl groups is 1. The first kappa shape index (κ1) is 20.4. The van der Waals surface area contributed by atoms with Gasteiger partial charge in [-0.3, -0.25) is 14.5 Å². The number of aryl methyl sites for hydroxylation is 1. The van der Waals surface area contributed by atoms with Crippen LogP contribution in [0, 0.1) is 5.82 Å². The molecule has 2 aromatic heterocycles. The molecule has 8 nitrogen and oxygen atoms in total. The topological polar surface area (TPSA) is 96.2 Å². The number of anilines is 2. The van der Waals surface area contributed by atoms with Crippen molar-refractivity contribution in [3.63, 3.8) is 0 Å². The summed E-state index contributed by atoms with van der Waals surface area (Å²) >= 11 is 0. The Kier molecular flexibility index (Phi) is 5.59. The minimum Gasteiger partial charge on any atom is -0.395 e. The number of hydrogen-bond donors (Lipinski definition) is 2. The average molecular weight is 420 g/mol. The molecule has 0 aliphatic heterocycles. The molecular formula is C22H21FN6O2. The van der Waals surface area contributed by atoms with E-state index in [4.69, 9.17) is 0 Å². The molecule has 0 atom stereocenters. The third-order valence-electron chi connectivity index (χ3n) is 4.85. The molecule has 0 spiro atoms. The predicted octanol–water partition coefficient (Wildman–Crippen LogP) is 2.66. The lowest BCUT2D eigenvalue weighted by atomic mass is 10.1. The average Bonchev–Trinajstić information content (AvgIpc) is 3.22. The number of nitrogens with zero attached hydrogens (tertiary/aromatic N) is 5. The summed E-state index contributed by atoms with van der Waals surface area (Å²) in [7, 11) is 3.31. The Bertz CT molecular complexity index is 1260. The second-order valence-electron chi connectivity index (χ2n) is 6.98. The SMILES string of the molecule is CNC(=O)c1cc(F)cc(N(CCO)c2ccc3ncc(-c4cnn(C)c4)nc3c2)c1. The highest BCUT2D eigenvalue weighted by Gasteiger charge is 2.15. The van der Waals surface area contributed by atoms with Crippen molar-refractivity contribution in [2.75, 3.05) is 25.1 Å². The summed E-state index contributed by atoms with van der Waals surface area (Å²) in [5, 5.41) is 16.3. The van der Waals surface area contributed by atoms with E-state index in [0.717, 1.165) is 5.56 Å². The smallest absolute Gasteiger partial charge is 0.251 e. The van der Waals surface area contributed by atoms with Crippen LogP contribution in [0.15, 0.2) is 55.0 Å². The molecule has 2 heterocycles. The number of amides is 1. The molecule has 2 N–H and O–H groups in total. The van der Waals surface area contributed by atoms with Crippen LogP contribution in [0.3, 0.4) is 0 Å². The Labute approximate surface area is 178 Å². The van der Waals surface area contributed by atoms with E-state index < -0.39 is 11.7 Å². The molecule has 0 aliphatic rings. The lowest BCUT2D eigenvalue weighted by Crippen LogP contribution is -2.23. The van der Waals surface area contributed by atoms with E-state index in [0.29, 0.717) is 28.1 Å². The third-order valence-corrected chi connectivity index (χ3v) is 4.85. The fraction of sp³-hybridized carbons (Fsp3) is 0.182. The van der Waals surface area contributed by atoms with Crippen molar-refractivity contribution in [3.05, 3.63) is 66.4 Å². The maximum absolute atomic E-state index is 14.2. The molecule has 0 fully saturated rings. The number of aromatic nitrogens is 4. The number of carbonyl (C=O) groups excluding carboxylic acids is 1. The summed E-state index contributed by atoms with van der Waals surface area (Å²) < 4.78 is 15.9. The summed E-state index contributed by atoms with van der Waals surface area (Å²) in [5.74, 6) is -0.936. The second-order valence-corrected chi connectivity index (χ2v) is 6.98. The fourth-order valence-corrected chi connectivity index (χ4v) is 3.37. The summed E-state index contributed by atoms with van der Waals surface area (Å²) in [6, 6.07) is 9.53. The highest BCUT2D eigenvalue weighted by atomic mass is 19.1. The number of benzene rings is 2. The molecular weight excluding hydrogens is 399 g/mol. The molecule has 0 bridgehead atoms. The zero-order valence-electron chi connectivity index (χ0n) is 17.1. The molecule has 0 saturated carbocycles. The number of hydrogen-bond acceptors (Lipinski definition) is 6. The quantitative estimate of drug-likeness (QED) is 0.498. The molecule has 0 unspecified atom stereocenters. The van der Waals surface area contributed by atoms with E-state index in [9.17, 15) is 14.3 Å². The van der Waals surface area contributed by atoms with Crippen LogP contribution in [-0.2, 0) is 7.05 Å². The van der Waals surface area contributed by atoms with E-state index in [1.165, 1.54) is 19.2 Å². The largest absolute Gasteiger partial charge is 0.395 e.